The van der Waals surface area contributed by atoms with Crippen LogP contribution in [0.3, 0.4) is 0 Å². The number of amides is 2. The number of carbonyl (C=O) groups excluding carboxylic acids is 2. The fourth-order valence-corrected chi connectivity index (χ4v) is 3.19. The largest absolute Gasteiger partial charge is 0.351 e. The Hall–Kier alpha value is -1.93. The average Bonchev–Trinajstić information content (AvgIpc) is 2.80. The first-order valence-corrected chi connectivity index (χ1v) is 8.02. The Bertz CT molecular complexity index is 625. The second kappa shape index (κ2) is 6.45. The Morgan fingerprint density at radius 3 is 2.77 bits per heavy atom. The molecule has 1 aliphatic carbocycles. The predicted molar refractivity (Wildman–Crippen MR) is 85.0 cm³/mol. The highest BCUT2D eigenvalue weighted by Gasteiger charge is 2.25. The van der Waals surface area contributed by atoms with Crippen LogP contribution in [0.2, 0.25) is 0 Å². The van der Waals surface area contributed by atoms with Gasteiger partial charge >= 0.3 is 0 Å². The van der Waals surface area contributed by atoms with Crippen LogP contribution in [0.15, 0.2) is 17.2 Å². The van der Waals surface area contributed by atoms with Crippen molar-refractivity contribution < 1.29 is 9.59 Å². The maximum atomic E-state index is 11.5. The lowest BCUT2D eigenvalue weighted by atomic mass is 9.92. The molecule has 1 aliphatic heterocycles. The molecule has 3 rings (SSSR count). The first kappa shape index (κ1) is 15.0. The second-order valence-electron chi connectivity index (χ2n) is 5.41. The number of hydrogen-bond acceptors (Lipinski definition) is 7. The molecule has 0 radical (unpaired) electrons. The van der Waals surface area contributed by atoms with Crippen LogP contribution in [0.4, 0.5) is 10.7 Å². The molecule has 1 aromatic rings. The summed E-state index contributed by atoms with van der Waals surface area (Å²) in [5, 5.41) is 5.16. The normalized spacial score (nSPS) is 27.0. The molecule has 116 valence electrons. The summed E-state index contributed by atoms with van der Waals surface area (Å²) in [5.41, 5.74) is 6.49. The fourth-order valence-electron chi connectivity index (χ4n) is 2.52. The number of nitrogens with one attached hydrogen (secondary N) is 2. The molecule has 1 saturated carbocycles. The highest BCUT2D eigenvalue weighted by atomic mass is 32.2. The van der Waals surface area contributed by atoms with Gasteiger partial charge < -0.3 is 11.1 Å². The third-order valence-corrected chi connectivity index (χ3v) is 4.51. The molecule has 2 amide bonds. The van der Waals surface area contributed by atoms with E-state index in [2.05, 4.69) is 20.6 Å². The minimum Gasteiger partial charge on any atom is -0.351 e. The molecule has 0 bridgehead atoms. The number of thioether (sulfide) groups is 1. The molecule has 0 aromatic carbocycles. The number of nitrogens with two attached hydrogens (primary N) is 1. The molecular weight excluding hydrogens is 302 g/mol. The Labute approximate surface area is 132 Å². The molecular formula is C14H17N5O2S. The zero-order valence-electron chi connectivity index (χ0n) is 11.9. The zero-order valence-corrected chi connectivity index (χ0v) is 12.7. The van der Waals surface area contributed by atoms with Gasteiger partial charge in [-0.25, -0.2) is 9.97 Å². The van der Waals surface area contributed by atoms with Gasteiger partial charge in [0.2, 0.25) is 5.95 Å². The molecule has 0 spiro atoms. The fraction of sp³-hybridized carbons (Fsp3) is 0.429. The van der Waals surface area contributed by atoms with Gasteiger partial charge in [0.25, 0.3) is 11.1 Å². The zero-order chi connectivity index (χ0) is 15.5. The van der Waals surface area contributed by atoms with Gasteiger partial charge in [-0.3, -0.25) is 14.9 Å². The van der Waals surface area contributed by atoms with E-state index in [1.807, 2.05) is 0 Å². The SMILES string of the molecule is N[C@H]1CC[C@H](Nc2nccc(/C=C3\SC(=O)NC3=O)n2)CC1. The molecule has 8 heteroatoms. The molecule has 2 aliphatic rings. The van der Waals surface area contributed by atoms with E-state index in [-0.39, 0.29) is 11.1 Å². The number of hydrogen-bond donors (Lipinski definition) is 3. The Balaban J connectivity index is 1.69. The first-order valence-electron chi connectivity index (χ1n) is 7.20. The van der Waals surface area contributed by atoms with Crippen molar-refractivity contribution in [2.45, 2.75) is 37.8 Å². The molecule has 1 aromatic heterocycles. The van der Waals surface area contributed by atoms with Crippen LogP contribution >= 0.6 is 11.8 Å². The van der Waals surface area contributed by atoms with Gasteiger partial charge in [0.05, 0.1) is 10.6 Å². The molecule has 7 nitrogen and oxygen atoms in total. The summed E-state index contributed by atoms with van der Waals surface area (Å²) in [7, 11) is 0. The number of imide groups is 1. The van der Waals surface area contributed by atoms with Crippen LogP contribution < -0.4 is 16.4 Å². The summed E-state index contributed by atoms with van der Waals surface area (Å²) in [4.78, 5) is 31.6. The van der Waals surface area contributed by atoms with Crippen molar-refractivity contribution in [2.75, 3.05) is 5.32 Å². The number of anilines is 1. The monoisotopic (exact) mass is 319 g/mol. The molecule has 4 N–H and O–H groups in total. The second-order valence-corrected chi connectivity index (χ2v) is 6.43. The summed E-state index contributed by atoms with van der Waals surface area (Å²) >= 11 is 0.877. The van der Waals surface area contributed by atoms with Gasteiger partial charge in [-0.05, 0) is 49.6 Å². The van der Waals surface area contributed by atoms with Crippen LogP contribution in [0, 0.1) is 0 Å². The van der Waals surface area contributed by atoms with Crippen molar-refractivity contribution in [3.8, 4) is 0 Å². The summed E-state index contributed by atoms with van der Waals surface area (Å²) in [5.74, 6) is 0.147. The lowest BCUT2D eigenvalue weighted by Gasteiger charge is -2.26. The third-order valence-electron chi connectivity index (χ3n) is 3.70. The maximum Gasteiger partial charge on any atom is 0.290 e. The van der Waals surface area contributed by atoms with Crippen LogP contribution in [0.25, 0.3) is 6.08 Å². The van der Waals surface area contributed by atoms with Crippen molar-refractivity contribution in [1.82, 2.24) is 15.3 Å². The molecule has 22 heavy (non-hydrogen) atoms. The lowest BCUT2D eigenvalue weighted by Crippen LogP contribution is -2.33. The molecule has 0 atom stereocenters. The van der Waals surface area contributed by atoms with Crippen LogP contribution in [0.5, 0.6) is 0 Å². The van der Waals surface area contributed by atoms with E-state index in [4.69, 9.17) is 5.73 Å². The first-order chi connectivity index (χ1) is 10.6. The topological polar surface area (TPSA) is 110 Å². The van der Waals surface area contributed by atoms with Gasteiger partial charge in [-0.2, -0.15) is 0 Å². The van der Waals surface area contributed by atoms with E-state index < -0.39 is 0 Å². The lowest BCUT2D eigenvalue weighted by molar-refractivity contribution is -0.115. The quantitative estimate of drug-likeness (QED) is 0.724. The van der Waals surface area contributed by atoms with E-state index in [1.165, 1.54) is 0 Å². The summed E-state index contributed by atoms with van der Waals surface area (Å²) in [6, 6.07) is 2.32. The highest BCUT2D eigenvalue weighted by Crippen LogP contribution is 2.25. The summed E-state index contributed by atoms with van der Waals surface area (Å²) in [6.45, 7) is 0. The van der Waals surface area contributed by atoms with Gasteiger partial charge in [0.15, 0.2) is 0 Å². The smallest absolute Gasteiger partial charge is 0.290 e. The third kappa shape index (κ3) is 3.63. The van der Waals surface area contributed by atoms with Gasteiger partial charge in [-0.1, -0.05) is 0 Å². The van der Waals surface area contributed by atoms with Crippen molar-refractivity contribution in [3.63, 3.8) is 0 Å². The number of aromatic nitrogens is 2. The van der Waals surface area contributed by atoms with Gasteiger partial charge in [-0.15, -0.1) is 0 Å². The van der Waals surface area contributed by atoms with Gasteiger partial charge in [0, 0.05) is 18.3 Å². The Morgan fingerprint density at radius 1 is 1.32 bits per heavy atom. The molecule has 2 fully saturated rings. The van der Waals surface area contributed by atoms with E-state index in [1.54, 1.807) is 18.3 Å². The Morgan fingerprint density at radius 2 is 2.09 bits per heavy atom. The van der Waals surface area contributed by atoms with Crippen molar-refractivity contribution in [3.05, 3.63) is 22.9 Å². The van der Waals surface area contributed by atoms with E-state index >= 15 is 0 Å². The molecule has 2 heterocycles. The molecule has 1 saturated heterocycles. The Kier molecular flexibility index (Phi) is 4.39. The highest BCUT2D eigenvalue weighted by molar-refractivity contribution is 8.18. The van der Waals surface area contributed by atoms with E-state index in [0.29, 0.717) is 28.6 Å². The van der Waals surface area contributed by atoms with Crippen LogP contribution in [0.1, 0.15) is 31.4 Å². The number of rotatable bonds is 3. The van der Waals surface area contributed by atoms with Crippen molar-refractivity contribution >= 4 is 34.9 Å². The maximum absolute atomic E-state index is 11.5. The van der Waals surface area contributed by atoms with Gasteiger partial charge in [0.1, 0.15) is 0 Å². The van der Waals surface area contributed by atoms with E-state index in [0.717, 1.165) is 37.4 Å². The van der Waals surface area contributed by atoms with Crippen LogP contribution in [-0.2, 0) is 4.79 Å². The summed E-state index contributed by atoms with van der Waals surface area (Å²) in [6.07, 6.45) is 7.23. The van der Waals surface area contributed by atoms with Crippen molar-refractivity contribution in [2.24, 2.45) is 5.73 Å². The summed E-state index contributed by atoms with van der Waals surface area (Å²) < 4.78 is 0. The minimum absolute atomic E-state index is 0.297. The molecule has 0 unspecified atom stereocenters. The standard InChI is InChI=1S/C14H17N5O2S/c15-8-1-3-9(4-2-8)17-13-16-6-5-10(18-13)7-11-12(20)19-14(21)22-11/h5-9H,1-4,15H2,(H,16,17,18)(H,19,20,21)/b11-7-/t8-,9-. The predicted octanol–water partition coefficient (Wildman–Crippen LogP) is 1.48. The van der Waals surface area contributed by atoms with Crippen molar-refractivity contribution in [1.29, 1.82) is 0 Å². The minimum atomic E-state index is -0.385. The number of carbonyl (C=O) groups is 2. The average molecular weight is 319 g/mol. The number of nitrogens with zero attached hydrogens (tertiary/aromatic N) is 2. The van der Waals surface area contributed by atoms with Crippen LogP contribution in [-0.4, -0.2) is 33.2 Å². The van der Waals surface area contributed by atoms with E-state index in [9.17, 15) is 9.59 Å².